The molecular weight excluding hydrogens is 400 g/mol. The van der Waals surface area contributed by atoms with Gasteiger partial charge in [-0.2, -0.15) is 0 Å². The molecule has 1 aliphatic heterocycles. The molecule has 1 heterocycles. The third-order valence-corrected chi connectivity index (χ3v) is 7.13. The van der Waals surface area contributed by atoms with Crippen LogP contribution in [0, 0.1) is 23.5 Å². The Hall–Kier alpha value is -1.89. The van der Waals surface area contributed by atoms with Crippen LogP contribution < -0.4 is 16.0 Å². The van der Waals surface area contributed by atoms with Crippen molar-refractivity contribution in [3.05, 3.63) is 34.4 Å². The molecule has 1 spiro atoms. The summed E-state index contributed by atoms with van der Waals surface area (Å²) in [6.07, 6.45) is 6.29. The van der Waals surface area contributed by atoms with Gasteiger partial charge in [0, 0.05) is 18.0 Å². The molecule has 0 radical (unpaired) electrons. The van der Waals surface area contributed by atoms with Gasteiger partial charge in [0.25, 0.3) is 0 Å². The van der Waals surface area contributed by atoms with Crippen LogP contribution in [0.4, 0.5) is 13.6 Å². The molecule has 2 aliphatic carbocycles. The molecule has 5 nitrogen and oxygen atoms in total. The van der Waals surface area contributed by atoms with Crippen LogP contribution in [0.3, 0.4) is 0 Å². The van der Waals surface area contributed by atoms with Crippen LogP contribution in [0.1, 0.15) is 63.0 Å². The van der Waals surface area contributed by atoms with Crippen molar-refractivity contribution in [2.24, 2.45) is 11.8 Å². The molecule has 3 fully saturated rings. The van der Waals surface area contributed by atoms with Crippen molar-refractivity contribution in [1.29, 1.82) is 0 Å². The number of hydrogen-bond donors (Lipinski definition) is 3. The predicted octanol–water partition coefficient (Wildman–Crippen LogP) is 4.21. The minimum Gasteiger partial charge on any atom is -0.349 e. The number of hydrogen-bond acceptors (Lipinski definition) is 2. The molecule has 4 rings (SSSR count). The van der Waals surface area contributed by atoms with Crippen LogP contribution in [0.5, 0.6) is 0 Å². The lowest BCUT2D eigenvalue weighted by molar-refractivity contribution is -0.127. The molecule has 158 valence electrons. The summed E-state index contributed by atoms with van der Waals surface area (Å²) >= 11 is 5.91. The van der Waals surface area contributed by atoms with E-state index in [1.54, 1.807) is 0 Å². The van der Waals surface area contributed by atoms with Gasteiger partial charge in [0.05, 0.1) is 16.6 Å². The lowest BCUT2D eigenvalue weighted by Gasteiger charge is -2.36. The highest BCUT2D eigenvalue weighted by Crippen LogP contribution is 2.40. The molecular formula is C21H26ClF2N3O2. The van der Waals surface area contributed by atoms with Crippen LogP contribution in [0.25, 0.3) is 0 Å². The molecule has 8 heteroatoms. The predicted molar refractivity (Wildman–Crippen MR) is 105 cm³/mol. The average molecular weight is 426 g/mol. The third kappa shape index (κ3) is 4.06. The van der Waals surface area contributed by atoms with Crippen molar-refractivity contribution in [1.82, 2.24) is 16.0 Å². The number of carbonyl (C=O) groups is 2. The van der Waals surface area contributed by atoms with Gasteiger partial charge >= 0.3 is 6.03 Å². The molecule has 3 amide bonds. The fraction of sp³-hybridized carbons (Fsp3) is 0.619. The second-order valence-electron chi connectivity index (χ2n) is 8.65. The van der Waals surface area contributed by atoms with Gasteiger partial charge in [0.15, 0.2) is 0 Å². The summed E-state index contributed by atoms with van der Waals surface area (Å²) < 4.78 is 29.3. The maximum atomic E-state index is 14.7. The lowest BCUT2D eigenvalue weighted by atomic mass is 9.76. The average Bonchev–Trinajstić information content (AvgIpc) is 3.35. The van der Waals surface area contributed by atoms with Crippen molar-refractivity contribution >= 4 is 23.5 Å². The van der Waals surface area contributed by atoms with Crippen molar-refractivity contribution < 1.29 is 18.4 Å². The zero-order valence-electron chi connectivity index (χ0n) is 16.2. The van der Waals surface area contributed by atoms with E-state index in [1.807, 2.05) is 0 Å². The zero-order valence-corrected chi connectivity index (χ0v) is 17.0. The Bertz CT molecular complexity index is 805. The van der Waals surface area contributed by atoms with Crippen LogP contribution in [0.2, 0.25) is 5.02 Å². The first-order valence-corrected chi connectivity index (χ1v) is 10.8. The van der Waals surface area contributed by atoms with E-state index in [1.165, 1.54) is 6.07 Å². The molecule has 0 bridgehead atoms. The Morgan fingerprint density at radius 1 is 1.17 bits per heavy atom. The third-order valence-electron chi connectivity index (χ3n) is 6.84. The fourth-order valence-electron chi connectivity index (χ4n) is 5.13. The van der Waals surface area contributed by atoms with Gasteiger partial charge in [-0.25, -0.2) is 13.6 Å². The van der Waals surface area contributed by atoms with Crippen molar-refractivity contribution in [2.45, 2.75) is 62.9 Å². The molecule has 3 N–H and O–H groups in total. The second kappa shape index (κ2) is 8.09. The summed E-state index contributed by atoms with van der Waals surface area (Å²) in [4.78, 5) is 24.5. The number of halogens is 3. The minimum atomic E-state index is -0.786. The highest BCUT2D eigenvalue weighted by Gasteiger charge is 2.43. The van der Waals surface area contributed by atoms with Crippen LogP contribution in [0.15, 0.2) is 12.1 Å². The summed E-state index contributed by atoms with van der Waals surface area (Å²) in [5.74, 6) is -1.87. The van der Waals surface area contributed by atoms with Gasteiger partial charge in [-0.05, 0) is 56.6 Å². The summed E-state index contributed by atoms with van der Waals surface area (Å²) in [6, 6.07) is 1.48. The van der Waals surface area contributed by atoms with Crippen molar-refractivity contribution in [3.63, 3.8) is 0 Å². The number of carbonyl (C=O) groups excluding carboxylic acids is 2. The van der Waals surface area contributed by atoms with E-state index in [-0.39, 0.29) is 39.9 Å². The van der Waals surface area contributed by atoms with E-state index in [0.29, 0.717) is 32.2 Å². The Balaban J connectivity index is 1.49. The summed E-state index contributed by atoms with van der Waals surface area (Å²) in [5.41, 5.74) is -0.401. The van der Waals surface area contributed by atoms with Gasteiger partial charge in [0.2, 0.25) is 5.91 Å². The molecule has 0 aromatic heterocycles. The van der Waals surface area contributed by atoms with Crippen LogP contribution in [-0.4, -0.2) is 24.0 Å². The van der Waals surface area contributed by atoms with Gasteiger partial charge in [-0.15, -0.1) is 0 Å². The molecule has 1 atom stereocenters. The maximum absolute atomic E-state index is 14.7. The van der Waals surface area contributed by atoms with E-state index >= 15 is 0 Å². The topological polar surface area (TPSA) is 70.2 Å². The van der Waals surface area contributed by atoms with Gasteiger partial charge < -0.3 is 16.0 Å². The monoisotopic (exact) mass is 425 g/mol. The number of benzene rings is 1. The Morgan fingerprint density at radius 3 is 2.48 bits per heavy atom. The summed E-state index contributed by atoms with van der Waals surface area (Å²) in [6.45, 7) is 0.573. The normalized spacial score (nSPS) is 28.2. The fourth-order valence-corrected chi connectivity index (χ4v) is 5.29. The first-order valence-electron chi connectivity index (χ1n) is 10.4. The molecule has 1 aromatic rings. The number of rotatable bonds is 4. The van der Waals surface area contributed by atoms with Crippen molar-refractivity contribution in [3.8, 4) is 0 Å². The highest BCUT2D eigenvalue weighted by atomic mass is 35.5. The summed E-state index contributed by atoms with van der Waals surface area (Å²) in [7, 11) is 0. The quantitative estimate of drug-likeness (QED) is 0.632. The molecule has 29 heavy (non-hydrogen) atoms. The van der Waals surface area contributed by atoms with Crippen LogP contribution >= 0.6 is 11.6 Å². The zero-order chi connectivity index (χ0) is 20.6. The second-order valence-corrected chi connectivity index (χ2v) is 9.06. The smallest absolute Gasteiger partial charge is 0.315 e. The first kappa shape index (κ1) is 20.4. The maximum Gasteiger partial charge on any atom is 0.315 e. The molecule has 2 saturated carbocycles. The Morgan fingerprint density at radius 2 is 1.86 bits per heavy atom. The molecule has 0 unspecified atom stereocenters. The SMILES string of the molecule is O=C1NCC2(CCC(C(=O)N[C@H](c3c(F)ccc(Cl)c3F)C3CCCC3)CC2)N1. The molecule has 1 aromatic carbocycles. The molecule has 1 saturated heterocycles. The van der Waals surface area contributed by atoms with E-state index in [0.717, 1.165) is 31.7 Å². The Labute approximate surface area is 173 Å². The minimum absolute atomic E-state index is 0.00494. The number of amides is 3. The molecule has 3 aliphatic rings. The number of nitrogens with one attached hydrogen (secondary N) is 3. The van der Waals surface area contributed by atoms with Gasteiger partial charge in [-0.3, -0.25) is 4.79 Å². The van der Waals surface area contributed by atoms with E-state index in [4.69, 9.17) is 11.6 Å². The number of urea groups is 1. The van der Waals surface area contributed by atoms with Crippen LogP contribution in [-0.2, 0) is 4.79 Å². The Kier molecular flexibility index (Phi) is 5.69. The van der Waals surface area contributed by atoms with Gasteiger partial charge in [-0.1, -0.05) is 24.4 Å². The largest absolute Gasteiger partial charge is 0.349 e. The highest BCUT2D eigenvalue weighted by molar-refractivity contribution is 6.30. The van der Waals surface area contributed by atoms with E-state index in [2.05, 4.69) is 16.0 Å². The summed E-state index contributed by atoms with van der Waals surface area (Å²) in [5, 5.41) is 8.58. The van der Waals surface area contributed by atoms with E-state index < -0.39 is 17.7 Å². The van der Waals surface area contributed by atoms with Gasteiger partial charge in [0.1, 0.15) is 11.6 Å². The lowest BCUT2D eigenvalue weighted by Crippen LogP contribution is -2.48. The van der Waals surface area contributed by atoms with Crippen molar-refractivity contribution in [2.75, 3.05) is 6.54 Å². The first-order chi connectivity index (χ1) is 13.9. The van der Waals surface area contributed by atoms with E-state index in [9.17, 15) is 18.4 Å². The standard InChI is InChI=1S/C21H26ClF2N3O2/c22-14-5-6-15(23)16(17(14)24)18(12-3-1-2-4-12)26-19(28)13-7-9-21(10-8-13)11-25-20(29)27-21/h5-6,12-13,18H,1-4,7-11H2,(H,26,28)(H2,25,27,29)/t13?,18-,21?/m0/s1.